The maximum absolute atomic E-state index is 12.6. The van der Waals surface area contributed by atoms with Crippen LogP contribution in [0.15, 0.2) is 35.2 Å². The Balaban J connectivity index is 2.36. The Hall–Kier alpha value is -1.70. The molecule has 0 unspecified atom stereocenters. The van der Waals surface area contributed by atoms with Crippen molar-refractivity contribution >= 4 is 10.0 Å². The predicted molar refractivity (Wildman–Crippen MR) is 79.3 cm³/mol. The first-order chi connectivity index (χ1) is 9.86. The number of aromatic nitrogens is 2. The fourth-order valence-electron chi connectivity index (χ4n) is 2.29. The number of aliphatic hydroxyl groups is 1. The second-order valence-electron chi connectivity index (χ2n) is 4.89. The standard InChI is InChI=1S/C14H19N3O3S/c1-10-14(11(2)17(3)15-10)21(19,20)16-13(9-18)12-7-5-4-6-8-12/h4-8,13,16,18H,9H2,1-3H3/t13-/m0/s1. The van der Waals surface area contributed by atoms with Crippen LogP contribution in [0.25, 0.3) is 0 Å². The van der Waals surface area contributed by atoms with Crippen molar-refractivity contribution in [2.45, 2.75) is 24.8 Å². The van der Waals surface area contributed by atoms with Gasteiger partial charge in [-0.1, -0.05) is 30.3 Å². The van der Waals surface area contributed by atoms with Crippen LogP contribution in [0.3, 0.4) is 0 Å². The van der Waals surface area contributed by atoms with E-state index in [0.717, 1.165) is 0 Å². The molecule has 1 atom stereocenters. The van der Waals surface area contributed by atoms with Gasteiger partial charge in [0.15, 0.2) is 0 Å². The largest absolute Gasteiger partial charge is 0.394 e. The van der Waals surface area contributed by atoms with Gasteiger partial charge in [-0.05, 0) is 19.4 Å². The maximum atomic E-state index is 12.6. The summed E-state index contributed by atoms with van der Waals surface area (Å²) >= 11 is 0. The van der Waals surface area contributed by atoms with Gasteiger partial charge in [0.25, 0.3) is 0 Å². The van der Waals surface area contributed by atoms with E-state index in [1.54, 1.807) is 45.2 Å². The fourth-order valence-corrected chi connectivity index (χ4v) is 3.94. The van der Waals surface area contributed by atoms with Crippen LogP contribution in [0.4, 0.5) is 0 Å². The fraction of sp³-hybridized carbons (Fsp3) is 0.357. The van der Waals surface area contributed by atoms with E-state index in [-0.39, 0.29) is 11.5 Å². The molecular weight excluding hydrogens is 290 g/mol. The number of aryl methyl sites for hydroxylation is 2. The summed E-state index contributed by atoms with van der Waals surface area (Å²) in [4.78, 5) is 0.166. The monoisotopic (exact) mass is 309 g/mol. The molecule has 0 fully saturated rings. The molecule has 2 rings (SSSR count). The van der Waals surface area contributed by atoms with Crippen molar-refractivity contribution in [3.63, 3.8) is 0 Å². The molecule has 7 heteroatoms. The molecule has 2 aromatic rings. The van der Waals surface area contributed by atoms with Gasteiger partial charge in [-0.3, -0.25) is 4.68 Å². The number of rotatable bonds is 5. The summed E-state index contributed by atoms with van der Waals surface area (Å²) in [5.74, 6) is 0. The van der Waals surface area contributed by atoms with Gasteiger partial charge in [-0.25, -0.2) is 13.1 Å². The van der Waals surface area contributed by atoms with E-state index in [0.29, 0.717) is 17.0 Å². The zero-order chi connectivity index (χ0) is 15.6. The van der Waals surface area contributed by atoms with Gasteiger partial charge < -0.3 is 5.11 Å². The lowest BCUT2D eigenvalue weighted by Gasteiger charge is -2.17. The lowest BCUT2D eigenvalue weighted by Crippen LogP contribution is -2.31. The van der Waals surface area contributed by atoms with Gasteiger partial charge in [0.05, 0.1) is 24.0 Å². The lowest BCUT2D eigenvalue weighted by atomic mass is 10.1. The maximum Gasteiger partial charge on any atom is 0.244 e. The second kappa shape index (κ2) is 5.97. The first-order valence-electron chi connectivity index (χ1n) is 6.55. The molecule has 0 aliphatic heterocycles. The number of hydrogen-bond donors (Lipinski definition) is 2. The molecule has 0 aliphatic rings. The van der Waals surface area contributed by atoms with E-state index in [4.69, 9.17) is 0 Å². The van der Waals surface area contributed by atoms with Gasteiger partial charge in [0.1, 0.15) is 4.90 Å². The summed E-state index contributed by atoms with van der Waals surface area (Å²) in [6, 6.07) is 8.29. The molecule has 0 aliphatic carbocycles. The van der Waals surface area contributed by atoms with E-state index in [1.807, 2.05) is 6.07 Å². The van der Waals surface area contributed by atoms with Crippen molar-refractivity contribution in [2.24, 2.45) is 7.05 Å². The van der Waals surface area contributed by atoms with Crippen molar-refractivity contribution < 1.29 is 13.5 Å². The topological polar surface area (TPSA) is 84.2 Å². The van der Waals surface area contributed by atoms with Crippen LogP contribution < -0.4 is 4.72 Å². The molecule has 1 heterocycles. The molecule has 114 valence electrons. The van der Waals surface area contributed by atoms with Crippen molar-refractivity contribution in [1.29, 1.82) is 0 Å². The van der Waals surface area contributed by atoms with Crippen LogP contribution in [0, 0.1) is 13.8 Å². The Kier molecular flexibility index (Phi) is 4.46. The van der Waals surface area contributed by atoms with Crippen LogP contribution in [-0.4, -0.2) is 29.9 Å². The summed E-state index contributed by atoms with van der Waals surface area (Å²) in [7, 11) is -2.06. The molecule has 1 aromatic heterocycles. The highest BCUT2D eigenvalue weighted by Gasteiger charge is 2.27. The van der Waals surface area contributed by atoms with Crippen LogP contribution in [0.5, 0.6) is 0 Å². The number of aliphatic hydroxyl groups excluding tert-OH is 1. The zero-order valence-corrected chi connectivity index (χ0v) is 13.1. The van der Waals surface area contributed by atoms with Gasteiger partial charge >= 0.3 is 0 Å². The molecule has 6 nitrogen and oxygen atoms in total. The number of nitrogens with one attached hydrogen (secondary N) is 1. The summed E-state index contributed by atoms with van der Waals surface area (Å²) < 4.78 is 29.2. The molecule has 1 aromatic carbocycles. The molecule has 0 radical (unpaired) electrons. The average Bonchev–Trinajstić information content (AvgIpc) is 2.71. The molecule has 0 spiro atoms. The Morgan fingerprint density at radius 2 is 1.90 bits per heavy atom. The van der Waals surface area contributed by atoms with Crippen molar-refractivity contribution in [3.05, 3.63) is 47.3 Å². The Morgan fingerprint density at radius 3 is 2.38 bits per heavy atom. The Bertz CT molecular complexity index is 723. The lowest BCUT2D eigenvalue weighted by molar-refractivity contribution is 0.259. The summed E-state index contributed by atoms with van der Waals surface area (Å²) in [5, 5.41) is 13.6. The van der Waals surface area contributed by atoms with E-state index in [9.17, 15) is 13.5 Å². The van der Waals surface area contributed by atoms with E-state index in [1.165, 1.54) is 4.68 Å². The third kappa shape index (κ3) is 3.15. The minimum Gasteiger partial charge on any atom is -0.394 e. The number of nitrogens with zero attached hydrogens (tertiary/aromatic N) is 2. The molecular formula is C14H19N3O3S. The smallest absolute Gasteiger partial charge is 0.244 e. The van der Waals surface area contributed by atoms with E-state index >= 15 is 0 Å². The third-order valence-corrected chi connectivity index (χ3v) is 5.12. The van der Waals surface area contributed by atoms with Crippen molar-refractivity contribution in [1.82, 2.24) is 14.5 Å². The van der Waals surface area contributed by atoms with E-state index < -0.39 is 16.1 Å². The highest BCUT2D eigenvalue weighted by atomic mass is 32.2. The molecule has 0 saturated carbocycles. The van der Waals surface area contributed by atoms with E-state index in [2.05, 4.69) is 9.82 Å². The SMILES string of the molecule is Cc1nn(C)c(C)c1S(=O)(=O)N[C@@H](CO)c1ccccc1. The molecule has 21 heavy (non-hydrogen) atoms. The van der Waals surface area contributed by atoms with Gasteiger partial charge in [0.2, 0.25) is 10.0 Å². The predicted octanol–water partition coefficient (Wildman–Crippen LogP) is 1.05. The highest BCUT2D eigenvalue weighted by Crippen LogP contribution is 2.21. The van der Waals surface area contributed by atoms with Gasteiger partial charge in [-0.15, -0.1) is 0 Å². The van der Waals surface area contributed by atoms with Crippen molar-refractivity contribution in [3.8, 4) is 0 Å². The average molecular weight is 309 g/mol. The van der Waals surface area contributed by atoms with Crippen molar-refractivity contribution in [2.75, 3.05) is 6.61 Å². The Morgan fingerprint density at radius 1 is 1.29 bits per heavy atom. The minimum absolute atomic E-state index is 0.166. The second-order valence-corrected chi connectivity index (χ2v) is 6.54. The molecule has 2 N–H and O–H groups in total. The third-order valence-electron chi connectivity index (χ3n) is 3.39. The Labute approximate surface area is 124 Å². The zero-order valence-electron chi connectivity index (χ0n) is 12.2. The quantitative estimate of drug-likeness (QED) is 0.864. The van der Waals surface area contributed by atoms with Gasteiger partial charge in [-0.2, -0.15) is 5.10 Å². The normalized spacial score (nSPS) is 13.3. The van der Waals surface area contributed by atoms with Crippen LogP contribution >= 0.6 is 0 Å². The number of benzene rings is 1. The van der Waals surface area contributed by atoms with Crippen LogP contribution in [0.1, 0.15) is 23.0 Å². The summed E-state index contributed by atoms with van der Waals surface area (Å²) in [6.07, 6.45) is 0. The number of sulfonamides is 1. The number of hydrogen-bond acceptors (Lipinski definition) is 4. The van der Waals surface area contributed by atoms with Gasteiger partial charge in [0, 0.05) is 7.05 Å². The molecule has 0 saturated heterocycles. The minimum atomic E-state index is -3.75. The molecule has 0 amide bonds. The summed E-state index contributed by atoms with van der Waals surface area (Å²) in [5.41, 5.74) is 1.71. The molecule has 0 bridgehead atoms. The van der Waals surface area contributed by atoms with Crippen LogP contribution in [-0.2, 0) is 17.1 Å². The first-order valence-corrected chi connectivity index (χ1v) is 8.03. The summed E-state index contributed by atoms with van der Waals surface area (Å²) in [6.45, 7) is 3.03. The van der Waals surface area contributed by atoms with Crippen LogP contribution in [0.2, 0.25) is 0 Å². The first kappa shape index (κ1) is 15.7. The highest BCUT2D eigenvalue weighted by molar-refractivity contribution is 7.89.